The fraction of sp³-hybridized carbons (Fsp3) is 0.261. The molecule has 0 radical (unpaired) electrons. The number of nitro groups is 1. The van der Waals surface area contributed by atoms with Gasteiger partial charge in [-0.1, -0.05) is 59.7 Å². The van der Waals surface area contributed by atoms with Gasteiger partial charge < -0.3 is 5.73 Å². The topological polar surface area (TPSA) is 141 Å². The summed E-state index contributed by atoms with van der Waals surface area (Å²) < 4.78 is 0. The Balaban J connectivity index is 2.40. The lowest BCUT2D eigenvalue weighted by Gasteiger charge is -2.40. The summed E-state index contributed by atoms with van der Waals surface area (Å²) >= 11 is 0. The van der Waals surface area contributed by atoms with Gasteiger partial charge in [0.05, 0.1) is 41.3 Å². The minimum atomic E-state index is -2.03. The summed E-state index contributed by atoms with van der Waals surface area (Å²) in [6.45, 7) is 3.76. The van der Waals surface area contributed by atoms with Gasteiger partial charge in [0, 0.05) is 4.92 Å². The molecule has 0 amide bonds. The maximum Gasteiger partial charge on any atom is 0.234 e. The molecular formula is C23H19N5O2. The molecule has 1 aliphatic carbocycles. The molecular weight excluding hydrogens is 378 g/mol. The molecule has 7 heteroatoms. The van der Waals surface area contributed by atoms with Crippen molar-refractivity contribution in [2.75, 3.05) is 0 Å². The summed E-state index contributed by atoms with van der Waals surface area (Å²) in [7, 11) is 0. The summed E-state index contributed by atoms with van der Waals surface area (Å²) in [5, 5.41) is 42.2. The van der Waals surface area contributed by atoms with Gasteiger partial charge in [-0.3, -0.25) is 10.1 Å². The van der Waals surface area contributed by atoms with Crippen LogP contribution in [0.2, 0.25) is 0 Å². The molecule has 30 heavy (non-hydrogen) atoms. The number of nitriles is 3. The van der Waals surface area contributed by atoms with Gasteiger partial charge in [-0.2, -0.15) is 15.8 Å². The molecule has 0 saturated carbocycles. The molecule has 3 unspecified atom stereocenters. The van der Waals surface area contributed by atoms with Crippen LogP contribution in [0.25, 0.3) is 0 Å². The van der Waals surface area contributed by atoms with Crippen molar-refractivity contribution < 1.29 is 4.92 Å². The summed E-state index contributed by atoms with van der Waals surface area (Å²) in [5.41, 5.74) is 6.80. The standard InChI is InChI=1S/C23H19N5O2/c1-14-3-7-16(8-4-14)19-18(11-24)22(27)23(12-25,13-26)20(21(19)28(29)30)17-9-5-15(2)6-10-17/h3-10,19-21H,27H2,1-2H3. The van der Waals surface area contributed by atoms with Crippen LogP contribution in [0.5, 0.6) is 0 Å². The second-order valence-corrected chi connectivity index (χ2v) is 7.52. The van der Waals surface area contributed by atoms with E-state index < -0.39 is 28.2 Å². The highest BCUT2D eigenvalue weighted by atomic mass is 16.6. The van der Waals surface area contributed by atoms with Crippen LogP contribution in [0.3, 0.4) is 0 Å². The predicted octanol–water partition coefficient (Wildman–Crippen LogP) is 3.60. The highest BCUT2D eigenvalue weighted by molar-refractivity contribution is 5.54. The van der Waals surface area contributed by atoms with Crippen LogP contribution >= 0.6 is 0 Å². The van der Waals surface area contributed by atoms with E-state index in [2.05, 4.69) is 0 Å². The van der Waals surface area contributed by atoms with Crippen molar-refractivity contribution in [2.45, 2.75) is 31.7 Å². The first-order chi connectivity index (χ1) is 14.3. The monoisotopic (exact) mass is 397 g/mol. The molecule has 2 aromatic carbocycles. The third-order valence-electron chi connectivity index (χ3n) is 5.77. The Morgan fingerprint density at radius 1 is 0.933 bits per heavy atom. The van der Waals surface area contributed by atoms with E-state index in [-0.39, 0.29) is 11.3 Å². The Kier molecular flexibility index (Phi) is 5.28. The summed E-state index contributed by atoms with van der Waals surface area (Å²) in [6.07, 6.45) is 0. The van der Waals surface area contributed by atoms with Crippen molar-refractivity contribution in [1.82, 2.24) is 0 Å². The zero-order chi connectivity index (χ0) is 22.1. The van der Waals surface area contributed by atoms with Crippen LogP contribution in [0.4, 0.5) is 0 Å². The van der Waals surface area contributed by atoms with E-state index in [0.29, 0.717) is 11.1 Å². The van der Waals surface area contributed by atoms with Gasteiger partial charge >= 0.3 is 0 Å². The average Bonchev–Trinajstić information content (AvgIpc) is 2.74. The number of rotatable bonds is 3. The molecule has 1 aliphatic rings. The molecule has 2 aromatic rings. The number of allylic oxidation sites excluding steroid dienone is 1. The molecule has 0 bridgehead atoms. The molecule has 0 aromatic heterocycles. The second-order valence-electron chi connectivity index (χ2n) is 7.52. The van der Waals surface area contributed by atoms with Crippen molar-refractivity contribution in [3.8, 4) is 18.2 Å². The van der Waals surface area contributed by atoms with Crippen molar-refractivity contribution in [1.29, 1.82) is 15.8 Å². The van der Waals surface area contributed by atoms with E-state index in [1.807, 2.05) is 32.1 Å². The fourth-order valence-electron chi connectivity index (χ4n) is 4.18. The Hall–Kier alpha value is -4.15. The van der Waals surface area contributed by atoms with Crippen LogP contribution in [0, 0.1) is 63.4 Å². The maximum absolute atomic E-state index is 12.4. The highest BCUT2D eigenvalue weighted by Crippen LogP contribution is 2.53. The van der Waals surface area contributed by atoms with Gasteiger partial charge in [0.1, 0.15) is 0 Å². The van der Waals surface area contributed by atoms with Gasteiger partial charge in [0.2, 0.25) is 6.04 Å². The van der Waals surface area contributed by atoms with Crippen LogP contribution in [-0.2, 0) is 0 Å². The molecule has 2 N–H and O–H groups in total. The molecule has 0 fully saturated rings. The molecule has 0 heterocycles. The number of hydrogen-bond acceptors (Lipinski definition) is 6. The molecule has 7 nitrogen and oxygen atoms in total. The smallest absolute Gasteiger partial charge is 0.234 e. The minimum absolute atomic E-state index is 0.105. The van der Waals surface area contributed by atoms with Crippen LogP contribution < -0.4 is 5.73 Å². The average molecular weight is 397 g/mol. The van der Waals surface area contributed by atoms with Crippen molar-refractivity contribution in [3.05, 3.63) is 92.2 Å². The molecule has 3 atom stereocenters. The quantitative estimate of drug-likeness (QED) is 0.619. The maximum atomic E-state index is 12.4. The van der Waals surface area contributed by atoms with E-state index in [1.165, 1.54) is 0 Å². The SMILES string of the molecule is Cc1ccc(C2C(C#N)=C(N)C(C#N)(C#N)C(c3ccc(C)cc3)C2[N+](=O)[O-])cc1. The van der Waals surface area contributed by atoms with Crippen LogP contribution in [0.15, 0.2) is 59.8 Å². The highest BCUT2D eigenvalue weighted by Gasteiger charge is 2.60. The largest absolute Gasteiger partial charge is 0.399 e. The zero-order valence-electron chi connectivity index (χ0n) is 16.5. The Labute approximate surface area is 174 Å². The summed E-state index contributed by atoms with van der Waals surface area (Å²) in [4.78, 5) is 11.9. The van der Waals surface area contributed by atoms with Crippen LogP contribution in [0.1, 0.15) is 34.1 Å². The number of nitrogens with two attached hydrogens (primary N) is 1. The Bertz CT molecular complexity index is 1130. The van der Waals surface area contributed by atoms with Gasteiger partial charge in [-0.05, 0) is 25.0 Å². The predicted molar refractivity (Wildman–Crippen MR) is 109 cm³/mol. The first kappa shape index (κ1) is 20.6. The summed E-state index contributed by atoms with van der Waals surface area (Å²) in [6, 6.07) is 18.3. The van der Waals surface area contributed by atoms with Gasteiger partial charge in [-0.15, -0.1) is 0 Å². The molecule has 0 saturated heterocycles. The third kappa shape index (κ3) is 3.05. The number of hydrogen-bond donors (Lipinski definition) is 1. The first-order valence-electron chi connectivity index (χ1n) is 9.30. The lowest BCUT2D eigenvalue weighted by atomic mass is 9.58. The van der Waals surface area contributed by atoms with Gasteiger partial charge in [0.25, 0.3) is 0 Å². The van der Waals surface area contributed by atoms with Crippen molar-refractivity contribution in [3.63, 3.8) is 0 Å². The van der Waals surface area contributed by atoms with E-state index >= 15 is 0 Å². The van der Waals surface area contributed by atoms with E-state index in [1.54, 1.807) is 48.5 Å². The lowest BCUT2D eigenvalue weighted by molar-refractivity contribution is -0.532. The lowest BCUT2D eigenvalue weighted by Crippen LogP contribution is -2.50. The minimum Gasteiger partial charge on any atom is -0.399 e. The Morgan fingerprint density at radius 2 is 1.40 bits per heavy atom. The number of aryl methyl sites for hydroxylation is 2. The van der Waals surface area contributed by atoms with Gasteiger partial charge in [-0.25, -0.2) is 0 Å². The first-order valence-corrected chi connectivity index (χ1v) is 9.30. The molecule has 3 rings (SSSR count). The second kappa shape index (κ2) is 7.70. The zero-order valence-corrected chi connectivity index (χ0v) is 16.5. The number of benzene rings is 2. The summed E-state index contributed by atoms with van der Waals surface area (Å²) in [5.74, 6) is -2.13. The van der Waals surface area contributed by atoms with Crippen molar-refractivity contribution >= 4 is 0 Å². The normalized spacial score (nSPS) is 22.4. The molecule has 0 aliphatic heterocycles. The molecule has 0 spiro atoms. The number of nitrogens with zero attached hydrogens (tertiary/aromatic N) is 4. The van der Waals surface area contributed by atoms with Crippen molar-refractivity contribution in [2.24, 2.45) is 11.1 Å². The van der Waals surface area contributed by atoms with E-state index in [0.717, 1.165) is 11.1 Å². The Morgan fingerprint density at radius 3 is 1.80 bits per heavy atom. The third-order valence-corrected chi connectivity index (χ3v) is 5.77. The fourth-order valence-corrected chi connectivity index (χ4v) is 4.18. The van der Waals surface area contributed by atoms with Gasteiger partial charge in [0.15, 0.2) is 5.41 Å². The molecule has 148 valence electrons. The van der Waals surface area contributed by atoms with Crippen LogP contribution in [-0.4, -0.2) is 11.0 Å². The van der Waals surface area contributed by atoms with E-state index in [9.17, 15) is 25.9 Å². The van der Waals surface area contributed by atoms with E-state index in [4.69, 9.17) is 5.73 Å².